The lowest BCUT2D eigenvalue weighted by Crippen LogP contribution is -2.63. The van der Waals surface area contributed by atoms with Crippen molar-refractivity contribution in [1.29, 1.82) is 0 Å². The topological polar surface area (TPSA) is 15.3 Å². The van der Waals surface area contributed by atoms with Crippen LogP contribution >= 0.6 is 0 Å². The number of fused-ring (bicyclic) bond motifs is 1. The fraction of sp³-hybridized carbons (Fsp3) is 0.684. The second-order valence-electron chi connectivity index (χ2n) is 7.70. The summed E-state index contributed by atoms with van der Waals surface area (Å²) in [5.74, 6) is 0.909. The van der Waals surface area contributed by atoms with Crippen LogP contribution in [0.1, 0.15) is 56.7 Å². The van der Waals surface area contributed by atoms with E-state index in [1.54, 1.807) is 11.1 Å². The molecule has 21 heavy (non-hydrogen) atoms. The van der Waals surface area contributed by atoms with E-state index in [0.717, 1.165) is 12.5 Å². The van der Waals surface area contributed by atoms with Gasteiger partial charge in [-0.3, -0.25) is 4.90 Å². The van der Waals surface area contributed by atoms with Crippen LogP contribution < -0.4 is 5.32 Å². The molecular weight excluding hydrogens is 256 g/mol. The smallest absolute Gasteiger partial charge is 0.0355 e. The number of benzene rings is 1. The van der Waals surface area contributed by atoms with E-state index in [0.29, 0.717) is 17.6 Å². The van der Waals surface area contributed by atoms with Crippen LogP contribution in [0.5, 0.6) is 0 Å². The average molecular weight is 284 g/mol. The first-order chi connectivity index (χ1) is 10.2. The van der Waals surface area contributed by atoms with Crippen LogP contribution in [-0.2, 0) is 6.42 Å². The van der Waals surface area contributed by atoms with Crippen LogP contribution in [0, 0.1) is 5.92 Å². The highest BCUT2D eigenvalue weighted by molar-refractivity contribution is 5.32. The minimum absolute atomic E-state index is 0.346. The van der Waals surface area contributed by atoms with Gasteiger partial charge in [0.2, 0.25) is 0 Å². The Morgan fingerprint density at radius 2 is 2.00 bits per heavy atom. The number of aryl methyl sites for hydroxylation is 1. The van der Waals surface area contributed by atoms with E-state index in [1.165, 1.54) is 38.6 Å². The second kappa shape index (κ2) is 5.10. The van der Waals surface area contributed by atoms with E-state index < -0.39 is 0 Å². The molecule has 1 aliphatic heterocycles. The molecule has 3 unspecified atom stereocenters. The predicted octanol–water partition coefficient (Wildman–Crippen LogP) is 3.53. The van der Waals surface area contributed by atoms with Crippen LogP contribution in [0.25, 0.3) is 0 Å². The summed E-state index contributed by atoms with van der Waals surface area (Å²) in [5.41, 5.74) is 3.54. The zero-order valence-corrected chi connectivity index (χ0v) is 13.4. The van der Waals surface area contributed by atoms with Crippen LogP contribution in [0.3, 0.4) is 0 Å². The van der Waals surface area contributed by atoms with Gasteiger partial charge in [0, 0.05) is 30.7 Å². The van der Waals surface area contributed by atoms with E-state index in [-0.39, 0.29) is 0 Å². The molecule has 0 amide bonds. The third-order valence-electron chi connectivity index (χ3n) is 6.09. The highest BCUT2D eigenvalue weighted by atomic mass is 15.3. The monoisotopic (exact) mass is 284 g/mol. The minimum atomic E-state index is 0.346. The van der Waals surface area contributed by atoms with Gasteiger partial charge in [-0.2, -0.15) is 0 Å². The molecule has 1 aromatic rings. The standard InChI is InChI=1S/C19H28N2/c1-14-12-20-19(2,16-10-11-16)13-21(14)18-9-5-7-15-6-3-4-8-17(15)18/h3-4,6,8,14,16,18,20H,5,7,9-13H2,1-2H3. The van der Waals surface area contributed by atoms with Crippen LogP contribution in [0.4, 0.5) is 0 Å². The molecule has 3 aliphatic rings. The van der Waals surface area contributed by atoms with Crippen LogP contribution in [0.15, 0.2) is 24.3 Å². The Morgan fingerprint density at radius 1 is 1.19 bits per heavy atom. The summed E-state index contributed by atoms with van der Waals surface area (Å²) >= 11 is 0. The maximum absolute atomic E-state index is 3.86. The highest BCUT2D eigenvalue weighted by Gasteiger charge is 2.46. The van der Waals surface area contributed by atoms with Crippen molar-refractivity contribution in [1.82, 2.24) is 10.2 Å². The molecule has 0 radical (unpaired) electrons. The summed E-state index contributed by atoms with van der Waals surface area (Å²) in [4.78, 5) is 2.81. The van der Waals surface area contributed by atoms with Crippen molar-refractivity contribution in [3.8, 4) is 0 Å². The molecule has 2 aliphatic carbocycles. The van der Waals surface area contributed by atoms with Gasteiger partial charge in [0.1, 0.15) is 0 Å². The molecule has 1 saturated heterocycles. The summed E-state index contributed by atoms with van der Waals surface area (Å²) in [7, 11) is 0. The molecule has 3 atom stereocenters. The third kappa shape index (κ3) is 2.43. The largest absolute Gasteiger partial charge is 0.308 e. The molecule has 0 bridgehead atoms. The van der Waals surface area contributed by atoms with Gasteiger partial charge in [-0.05, 0) is 63.0 Å². The highest BCUT2D eigenvalue weighted by Crippen LogP contribution is 2.44. The van der Waals surface area contributed by atoms with Gasteiger partial charge in [-0.1, -0.05) is 24.3 Å². The maximum atomic E-state index is 3.86. The number of hydrogen-bond donors (Lipinski definition) is 1. The Bertz CT molecular complexity index is 522. The maximum Gasteiger partial charge on any atom is 0.0355 e. The molecule has 1 N–H and O–H groups in total. The van der Waals surface area contributed by atoms with E-state index in [4.69, 9.17) is 0 Å². The van der Waals surface area contributed by atoms with Crippen molar-refractivity contribution < 1.29 is 0 Å². The lowest BCUT2D eigenvalue weighted by molar-refractivity contribution is 0.0388. The van der Waals surface area contributed by atoms with E-state index >= 15 is 0 Å². The van der Waals surface area contributed by atoms with Gasteiger partial charge < -0.3 is 5.32 Å². The van der Waals surface area contributed by atoms with E-state index in [9.17, 15) is 0 Å². The lowest BCUT2D eigenvalue weighted by Gasteiger charge is -2.50. The van der Waals surface area contributed by atoms with Crippen molar-refractivity contribution in [2.45, 2.75) is 63.6 Å². The van der Waals surface area contributed by atoms with E-state index in [2.05, 4.69) is 48.3 Å². The summed E-state index contributed by atoms with van der Waals surface area (Å²) in [6.07, 6.45) is 6.80. The van der Waals surface area contributed by atoms with Gasteiger partial charge >= 0.3 is 0 Å². The number of rotatable bonds is 2. The molecule has 2 nitrogen and oxygen atoms in total. The van der Waals surface area contributed by atoms with Gasteiger partial charge in [0.25, 0.3) is 0 Å². The fourth-order valence-electron chi connectivity index (χ4n) is 4.57. The molecular formula is C19H28N2. The average Bonchev–Trinajstić information content (AvgIpc) is 3.35. The first-order valence-electron chi connectivity index (χ1n) is 8.76. The quantitative estimate of drug-likeness (QED) is 0.894. The molecule has 0 spiro atoms. The molecule has 4 rings (SSSR count). The summed E-state index contributed by atoms with van der Waals surface area (Å²) in [6.45, 7) is 7.22. The Balaban J connectivity index is 1.62. The molecule has 1 heterocycles. The van der Waals surface area contributed by atoms with E-state index in [1.807, 2.05) is 0 Å². The first-order valence-corrected chi connectivity index (χ1v) is 8.76. The number of nitrogens with one attached hydrogen (secondary N) is 1. The first kappa shape index (κ1) is 13.8. The number of hydrogen-bond acceptors (Lipinski definition) is 2. The number of nitrogens with zero attached hydrogens (tertiary/aromatic N) is 1. The summed E-state index contributed by atoms with van der Waals surface area (Å²) in [5, 5.41) is 3.86. The SMILES string of the molecule is CC1CNC(C)(C2CC2)CN1C1CCCc2ccccc21. The van der Waals surface area contributed by atoms with Crippen molar-refractivity contribution in [2.24, 2.45) is 5.92 Å². The van der Waals surface area contributed by atoms with Gasteiger partial charge in [0.05, 0.1) is 0 Å². The Hall–Kier alpha value is -0.860. The minimum Gasteiger partial charge on any atom is -0.308 e. The molecule has 2 heteroatoms. The molecule has 0 aromatic heterocycles. The Morgan fingerprint density at radius 3 is 2.81 bits per heavy atom. The Kier molecular flexibility index (Phi) is 3.35. The predicted molar refractivity (Wildman–Crippen MR) is 87.4 cm³/mol. The summed E-state index contributed by atoms with van der Waals surface area (Å²) < 4.78 is 0. The van der Waals surface area contributed by atoms with Crippen LogP contribution in [0.2, 0.25) is 0 Å². The number of piperazine rings is 1. The fourth-order valence-corrected chi connectivity index (χ4v) is 4.57. The van der Waals surface area contributed by atoms with Gasteiger partial charge in [-0.25, -0.2) is 0 Å². The molecule has 2 fully saturated rings. The molecule has 1 aromatic carbocycles. The molecule has 114 valence electrons. The summed E-state index contributed by atoms with van der Waals surface area (Å²) in [6, 6.07) is 10.4. The Labute approximate surface area is 128 Å². The lowest BCUT2D eigenvalue weighted by atomic mass is 9.83. The van der Waals surface area contributed by atoms with Gasteiger partial charge in [0.15, 0.2) is 0 Å². The van der Waals surface area contributed by atoms with Crippen molar-refractivity contribution in [3.63, 3.8) is 0 Å². The van der Waals surface area contributed by atoms with Gasteiger partial charge in [-0.15, -0.1) is 0 Å². The zero-order chi connectivity index (χ0) is 14.4. The second-order valence-corrected chi connectivity index (χ2v) is 7.70. The zero-order valence-electron chi connectivity index (χ0n) is 13.4. The van der Waals surface area contributed by atoms with Crippen molar-refractivity contribution in [3.05, 3.63) is 35.4 Å². The third-order valence-corrected chi connectivity index (χ3v) is 6.09. The normalized spacial score (nSPS) is 37.2. The van der Waals surface area contributed by atoms with Crippen LogP contribution in [-0.4, -0.2) is 29.6 Å². The van der Waals surface area contributed by atoms with Crippen molar-refractivity contribution >= 4 is 0 Å². The molecule has 1 saturated carbocycles. The van der Waals surface area contributed by atoms with Crippen molar-refractivity contribution in [2.75, 3.05) is 13.1 Å².